The van der Waals surface area contributed by atoms with Crippen molar-refractivity contribution in [1.29, 1.82) is 0 Å². The summed E-state index contributed by atoms with van der Waals surface area (Å²) >= 11 is 0. The second-order valence-electron chi connectivity index (χ2n) is 7.26. The SMILES string of the molecule is CCCCCN1C(=O)C(c2ccc(OCCC)cc2)=C(N2CCCC2)C1=O. The Morgan fingerprint density at radius 1 is 0.926 bits per heavy atom. The third kappa shape index (κ3) is 4.18. The lowest BCUT2D eigenvalue weighted by molar-refractivity contribution is -0.137. The summed E-state index contributed by atoms with van der Waals surface area (Å²) in [5, 5.41) is 0. The zero-order valence-corrected chi connectivity index (χ0v) is 16.5. The van der Waals surface area contributed by atoms with E-state index in [0.29, 0.717) is 24.4 Å². The van der Waals surface area contributed by atoms with Crippen molar-refractivity contribution in [2.75, 3.05) is 26.2 Å². The summed E-state index contributed by atoms with van der Waals surface area (Å²) in [4.78, 5) is 29.7. The van der Waals surface area contributed by atoms with Crippen LogP contribution < -0.4 is 4.74 Å². The molecule has 1 aromatic rings. The van der Waals surface area contributed by atoms with Crippen LogP contribution in [0.3, 0.4) is 0 Å². The maximum atomic E-state index is 13.1. The molecule has 146 valence electrons. The van der Waals surface area contributed by atoms with Gasteiger partial charge in [-0.3, -0.25) is 14.5 Å². The fourth-order valence-electron chi connectivity index (χ4n) is 3.72. The Kier molecular flexibility index (Phi) is 6.54. The van der Waals surface area contributed by atoms with Gasteiger partial charge in [0.15, 0.2) is 0 Å². The van der Waals surface area contributed by atoms with E-state index in [9.17, 15) is 9.59 Å². The maximum Gasteiger partial charge on any atom is 0.277 e. The fourth-order valence-corrected chi connectivity index (χ4v) is 3.72. The Balaban J connectivity index is 1.89. The fraction of sp³-hybridized carbons (Fsp3) is 0.545. The molecule has 5 nitrogen and oxygen atoms in total. The van der Waals surface area contributed by atoms with E-state index in [1.54, 1.807) is 0 Å². The van der Waals surface area contributed by atoms with Crippen molar-refractivity contribution < 1.29 is 14.3 Å². The van der Waals surface area contributed by atoms with Crippen LogP contribution in [0.2, 0.25) is 0 Å². The van der Waals surface area contributed by atoms with Crippen molar-refractivity contribution in [1.82, 2.24) is 9.80 Å². The first-order valence-electron chi connectivity index (χ1n) is 10.3. The molecule has 0 aliphatic carbocycles. The lowest BCUT2D eigenvalue weighted by atomic mass is 10.0. The molecule has 27 heavy (non-hydrogen) atoms. The summed E-state index contributed by atoms with van der Waals surface area (Å²) in [6.45, 7) is 7.05. The van der Waals surface area contributed by atoms with Crippen LogP contribution in [0.15, 0.2) is 30.0 Å². The number of hydrogen-bond donors (Lipinski definition) is 0. The zero-order chi connectivity index (χ0) is 19.2. The second kappa shape index (κ2) is 9.07. The molecule has 2 heterocycles. The predicted molar refractivity (Wildman–Crippen MR) is 106 cm³/mol. The highest BCUT2D eigenvalue weighted by atomic mass is 16.5. The third-order valence-corrected chi connectivity index (χ3v) is 5.17. The molecule has 0 atom stereocenters. The summed E-state index contributed by atoms with van der Waals surface area (Å²) in [7, 11) is 0. The van der Waals surface area contributed by atoms with Gasteiger partial charge in [0.05, 0.1) is 12.2 Å². The number of carbonyl (C=O) groups is 2. The van der Waals surface area contributed by atoms with E-state index in [0.717, 1.165) is 62.9 Å². The van der Waals surface area contributed by atoms with E-state index in [1.807, 2.05) is 24.3 Å². The number of ether oxygens (including phenoxy) is 1. The number of rotatable bonds is 9. The molecule has 0 spiro atoms. The molecule has 1 aromatic carbocycles. The highest BCUT2D eigenvalue weighted by molar-refractivity contribution is 6.35. The maximum absolute atomic E-state index is 13.1. The van der Waals surface area contributed by atoms with E-state index in [4.69, 9.17) is 4.74 Å². The van der Waals surface area contributed by atoms with Gasteiger partial charge in [-0.1, -0.05) is 38.8 Å². The molecule has 1 fully saturated rings. The average molecular weight is 370 g/mol. The molecule has 5 heteroatoms. The van der Waals surface area contributed by atoms with E-state index in [-0.39, 0.29) is 11.8 Å². The second-order valence-corrected chi connectivity index (χ2v) is 7.26. The van der Waals surface area contributed by atoms with Gasteiger partial charge in [-0.05, 0) is 43.4 Å². The van der Waals surface area contributed by atoms with Gasteiger partial charge < -0.3 is 9.64 Å². The van der Waals surface area contributed by atoms with Crippen LogP contribution in [-0.2, 0) is 9.59 Å². The van der Waals surface area contributed by atoms with Gasteiger partial charge in [0.2, 0.25) is 0 Å². The highest BCUT2D eigenvalue weighted by Crippen LogP contribution is 2.34. The monoisotopic (exact) mass is 370 g/mol. The van der Waals surface area contributed by atoms with Gasteiger partial charge >= 0.3 is 0 Å². The minimum atomic E-state index is -0.153. The van der Waals surface area contributed by atoms with Gasteiger partial charge in [-0.25, -0.2) is 0 Å². The molecule has 0 N–H and O–H groups in total. The molecule has 0 radical (unpaired) electrons. The minimum absolute atomic E-state index is 0.126. The van der Waals surface area contributed by atoms with Gasteiger partial charge in [-0.15, -0.1) is 0 Å². The molecule has 2 aliphatic heterocycles. The number of nitrogens with zero attached hydrogens (tertiary/aromatic N) is 2. The molecule has 0 unspecified atom stereocenters. The molecular formula is C22H30N2O3. The van der Waals surface area contributed by atoms with Crippen LogP contribution in [-0.4, -0.2) is 47.9 Å². The third-order valence-electron chi connectivity index (χ3n) is 5.17. The quantitative estimate of drug-likeness (QED) is 0.489. The van der Waals surface area contributed by atoms with Crippen molar-refractivity contribution in [3.05, 3.63) is 35.5 Å². The molecular weight excluding hydrogens is 340 g/mol. The first-order chi connectivity index (χ1) is 13.2. The smallest absolute Gasteiger partial charge is 0.277 e. The number of imide groups is 1. The summed E-state index contributed by atoms with van der Waals surface area (Å²) in [6, 6.07) is 7.57. The number of amides is 2. The zero-order valence-electron chi connectivity index (χ0n) is 16.5. The van der Waals surface area contributed by atoms with E-state index in [2.05, 4.69) is 18.7 Å². The minimum Gasteiger partial charge on any atom is -0.494 e. The Morgan fingerprint density at radius 2 is 1.63 bits per heavy atom. The normalized spacial score (nSPS) is 17.4. The Hall–Kier alpha value is -2.30. The van der Waals surface area contributed by atoms with Crippen LogP contribution in [0.4, 0.5) is 0 Å². The van der Waals surface area contributed by atoms with Crippen molar-refractivity contribution in [2.45, 2.75) is 52.4 Å². The summed E-state index contributed by atoms with van der Waals surface area (Å²) in [5.74, 6) is 0.514. The summed E-state index contributed by atoms with van der Waals surface area (Å²) in [6.07, 6.45) is 6.03. The lowest BCUT2D eigenvalue weighted by Crippen LogP contribution is -2.35. The summed E-state index contributed by atoms with van der Waals surface area (Å²) < 4.78 is 5.65. The number of hydrogen-bond acceptors (Lipinski definition) is 4. The van der Waals surface area contributed by atoms with Crippen LogP contribution in [0, 0.1) is 0 Å². The number of unbranched alkanes of at least 4 members (excludes halogenated alkanes) is 2. The Morgan fingerprint density at radius 3 is 2.26 bits per heavy atom. The molecule has 0 bridgehead atoms. The van der Waals surface area contributed by atoms with Crippen molar-refractivity contribution >= 4 is 17.4 Å². The molecule has 0 saturated carbocycles. The van der Waals surface area contributed by atoms with Crippen molar-refractivity contribution in [3.8, 4) is 5.75 Å². The number of carbonyl (C=O) groups excluding carboxylic acids is 2. The van der Waals surface area contributed by atoms with Gasteiger partial charge in [0.1, 0.15) is 11.4 Å². The topological polar surface area (TPSA) is 49.9 Å². The average Bonchev–Trinajstić information content (AvgIpc) is 3.29. The van der Waals surface area contributed by atoms with Crippen LogP contribution in [0.5, 0.6) is 5.75 Å². The molecule has 2 aliphatic rings. The Bertz CT molecular complexity index is 703. The molecule has 1 saturated heterocycles. The van der Waals surface area contributed by atoms with E-state index >= 15 is 0 Å². The molecule has 0 aromatic heterocycles. The first kappa shape index (κ1) is 19.5. The summed E-state index contributed by atoms with van der Waals surface area (Å²) in [5.41, 5.74) is 1.95. The lowest BCUT2D eigenvalue weighted by Gasteiger charge is -2.20. The van der Waals surface area contributed by atoms with Crippen LogP contribution in [0.25, 0.3) is 5.57 Å². The highest BCUT2D eigenvalue weighted by Gasteiger charge is 2.41. The molecule has 3 rings (SSSR count). The van der Waals surface area contributed by atoms with Crippen molar-refractivity contribution in [2.24, 2.45) is 0 Å². The van der Waals surface area contributed by atoms with E-state index in [1.165, 1.54) is 4.90 Å². The van der Waals surface area contributed by atoms with Crippen molar-refractivity contribution in [3.63, 3.8) is 0 Å². The van der Waals surface area contributed by atoms with Crippen LogP contribution >= 0.6 is 0 Å². The Labute approximate surface area is 162 Å². The predicted octanol–water partition coefficient (Wildman–Crippen LogP) is 3.84. The van der Waals surface area contributed by atoms with Gasteiger partial charge in [-0.2, -0.15) is 0 Å². The first-order valence-corrected chi connectivity index (χ1v) is 10.3. The molecule has 2 amide bonds. The largest absolute Gasteiger partial charge is 0.494 e. The number of likely N-dealkylation sites (tertiary alicyclic amines) is 1. The van der Waals surface area contributed by atoms with Gasteiger partial charge in [0, 0.05) is 19.6 Å². The van der Waals surface area contributed by atoms with Gasteiger partial charge in [0.25, 0.3) is 11.8 Å². The van der Waals surface area contributed by atoms with E-state index < -0.39 is 0 Å². The van der Waals surface area contributed by atoms with Crippen LogP contribution in [0.1, 0.15) is 57.9 Å². The number of benzene rings is 1. The standard InChI is InChI=1S/C22H30N2O3/c1-3-5-6-15-24-21(25)19(20(22(24)26)23-13-7-8-14-23)17-9-11-18(12-10-17)27-16-4-2/h9-12H,3-8,13-16H2,1-2H3.